The van der Waals surface area contributed by atoms with Crippen molar-refractivity contribution in [2.24, 2.45) is 0 Å². The molecule has 8 heterocycles. The van der Waals surface area contributed by atoms with Gasteiger partial charge in [-0.3, -0.25) is 4.79 Å². The van der Waals surface area contributed by atoms with Crippen LogP contribution in [-0.2, 0) is 75.8 Å². The molecule has 0 aromatic heterocycles. The number of aliphatic hydroxyl groups excluding tert-OH is 20. The average Bonchev–Trinajstić information content (AvgIpc) is 0.968. The molecule has 0 aromatic carbocycles. The van der Waals surface area contributed by atoms with Crippen LogP contribution in [0.1, 0.15) is 41.5 Å². The molecule has 87 heavy (non-hydrogen) atoms. The quantitative estimate of drug-likeness (QED) is 0.0606. The van der Waals surface area contributed by atoms with Crippen molar-refractivity contribution in [3.63, 3.8) is 0 Å². The molecular formula is C50H85NO36. The molecule has 0 aliphatic carbocycles. The molecule has 8 aliphatic heterocycles. The van der Waals surface area contributed by atoms with Gasteiger partial charge in [0.2, 0.25) is 5.91 Å². The predicted molar refractivity (Wildman–Crippen MR) is 269 cm³/mol. The summed E-state index contributed by atoms with van der Waals surface area (Å²) in [5.41, 5.74) is 0. The zero-order valence-electron chi connectivity index (χ0n) is 47.7. The van der Waals surface area contributed by atoms with Crippen molar-refractivity contribution in [2.75, 3.05) is 19.8 Å². The monoisotopic (exact) mass is 1280 g/mol. The standard InChI is InChI=1S/C50H85NO36/c1-10-20(56)26(62)31(67)45(74-10)84-40-35(71)48(77-14(5)37(40)82-47-33(69)28(64)24(60)17(8-53)80-47)83-38-19(51-15(6)55)44(78-18(9-54)25(38)61)86-41-29(65)21(57)12(3)76-50(41)87-42-30(66)22(58)11(2)75-49(42)85-39-34(70)43(72)73-13(4)36(39)81-46-32(68)27(63)23(59)16(7-52)79-46/h10-14,16-50,52-54,56-72H,7-9H2,1-6H3,(H,51,55)/t10-,11-,12-,13-,14-,16+,17+,18+,19+,20-,21-,22-,23+,24+,25+,26+,27-,28-,29+,30+,31+,32+,33+,34+,35+,36-,37-,38+,39-,40-,41+,42+,43+,44-,45-,46+,47+,48-,49-,50-/m0/s1. The number of rotatable bonds is 18. The van der Waals surface area contributed by atoms with E-state index in [2.05, 4.69) is 5.32 Å². The summed E-state index contributed by atoms with van der Waals surface area (Å²) in [7, 11) is 0. The van der Waals surface area contributed by atoms with E-state index in [1.54, 1.807) is 0 Å². The van der Waals surface area contributed by atoms with Gasteiger partial charge in [0, 0.05) is 6.92 Å². The van der Waals surface area contributed by atoms with Crippen molar-refractivity contribution in [3.05, 3.63) is 0 Å². The highest BCUT2D eigenvalue weighted by Crippen LogP contribution is 2.40. The summed E-state index contributed by atoms with van der Waals surface area (Å²) in [5.74, 6) is -0.887. The molecule has 0 bridgehead atoms. The summed E-state index contributed by atoms with van der Waals surface area (Å²) in [6, 6.07) is -1.84. The zero-order chi connectivity index (χ0) is 64.1. The highest BCUT2D eigenvalue weighted by atomic mass is 16.8. The molecule has 40 atom stereocenters. The normalized spacial score (nSPS) is 54.5. The van der Waals surface area contributed by atoms with Crippen molar-refractivity contribution in [3.8, 4) is 0 Å². The Morgan fingerprint density at radius 2 is 0.609 bits per heavy atom. The van der Waals surface area contributed by atoms with Crippen molar-refractivity contribution in [1.29, 1.82) is 0 Å². The van der Waals surface area contributed by atoms with Crippen LogP contribution in [0, 0.1) is 0 Å². The second-order valence-electron chi connectivity index (χ2n) is 23.0. The van der Waals surface area contributed by atoms with E-state index >= 15 is 0 Å². The predicted octanol–water partition coefficient (Wildman–Crippen LogP) is -13.2. The van der Waals surface area contributed by atoms with Crippen LogP contribution >= 0.6 is 0 Å². The van der Waals surface area contributed by atoms with Crippen molar-refractivity contribution < 1.29 is 178 Å². The molecule has 1 amide bonds. The van der Waals surface area contributed by atoms with Gasteiger partial charge in [0.15, 0.2) is 50.3 Å². The van der Waals surface area contributed by atoms with E-state index in [9.17, 15) is 107 Å². The second kappa shape index (κ2) is 29.6. The maximum atomic E-state index is 13.1. The Kier molecular flexibility index (Phi) is 24.1. The third-order valence-corrected chi connectivity index (χ3v) is 16.9. The fraction of sp³-hybridized carbons (Fsp3) is 0.980. The minimum Gasteiger partial charge on any atom is -0.394 e. The van der Waals surface area contributed by atoms with Gasteiger partial charge in [0.1, 0.15) is 165 Å². The molecule has 0 spiro atoms. The van der Waals surface area contributed by atoms with E-state index < -0.39 is 271 Å². The first-order chi connectivity index (χ1) is 40.9. The largest absolute Gasteiger partial charge is 0.394 e. The highest BCUT2D eigenvalue weighted by molar-refractivity contribution is 5.73. The number of nitrogens with one attached hydrogen (secondary N) is 1. The van der Waals surface area contributed by atoms with Crippen molar-refractivity contribution in [2.45, 2.75) is 287 Å². The minimum atomic E-state index is -2.21. The summed E-state index contributed by atoms with van der Waals surface area (Å²) in [6.45, 7) is 4.73. The summed E-state index contributed by atoms with van der Waals surface area (Å²) >= 11 is 0. The van der Waals surface area contributed by atoms with Gasteiger partial charge in [-0.25, -0.2) is 0 Å². The summed E-state index contributed by atoms with van der Waals surface area (Å²) in [4.78, 5) is 13.1. The van der Waals surface area contributed by atoms with Crippen LogP contribution in [0.5, 0.6) is 0 Å². The first-order valence-electron chi connectivity index (χ1n) is 28.4. The van der Waals surface area contributed by atoms with Gasteiger partial charge in [-0.15, -0.1) is 0 Å². The molecule has 8 aliphatic rings. The average molecular weight is 1280 g/mol. The van der Waals surface area contributed by atoms with Crippen molar-refractivity contribution in [1.82, 2.24) is 5.32 Å². The summed E-state index contributed by atoms with van der Waals surface area (Å²) < 4.78 is 89.0. The second-order valence-corrected chi connectivity index (χ2v) is 23.0. The lowest BCUT2D eigenvalue weighted by molar-refractivity contribution is -0.406. The van der Waals surface area contributed by atoms with Gasteiger partial charge in [0.05, 0.1) is 50.3 Å². The molecule has 506 valence electrons. The van der Waals surface area contributed by atoms with Crippen LogP contribution in [0.4, 0.5) is 0 Å². The Morgan fingerprint density at radius 1 is 0.299 bits per heavy atom. The number of carbonyl (C=O) groups excluding carboxylic acids is 1. The molecule has 8 fully saturated rings. The molecule has 8 saturated heterocycles. The molecule has 0 aromatic rings. The van der Waals surface area contributed by atoms with Crippen LogP contribution in [-0.4, -0.2) is 373 Å². The Bertz CT molecular complexity index is 2170. The van der Waals surface area contributed by atoms with Gasteiger partial charge in [-0.2, -0.15) is 0 Å². The minimum absolute atomic E-state index is 0.856. The van der Waals surface area contributed by atoms with Crippen LogP contribution in [0.25, 0.3) is 0 Å². The molecular weight excluding hydrogens is 1190 g/mol. The Labute approximate surface area is 495 Å². The van der Waals surface area contributed by atoms with E-state index in [1.165, 1.54) is 34.6 Å². The number of ether oxygens (including phenoxy) is 15. The van der Waals surface area contributed by atoms with E-state index in [-0.39, 0.29) is 0 Å². The SMILES string of the molecule is CC(=O)N[C@H]1[C@H](O[C@H]2[C@H](O[C@H]3[C@H](O[C@H]4[C@@H](O)[C@H](O)O[C@@H](C)[C@@H]4O[C@H]4O[C@H](CO)[C@@H](O)[C@H](O)[C@H]4O)O[C@@H](C)[C@H](O)[C@H]3O)O[C@@H](C)[C@H](O)[C@H]2O)O[C@H](CO)[C@@H](O)[C@@H]1O[C@@H]1O[C@@H](C)[C@H](O[C@H]2O[C@H](CO)[C@@H](O)[C@H](O)[C@H]2O)[C@@H](O[C@@H]2O[C@@H](C)[C@H](O)[C@@H](O)[C@H]2O)[C@H]1O. The van der Waals surface area contributed by atoms with Gasteiger partial charge >= 0.3 is 0 Å². The first kappa shape index (κ1) is 70.9. The van der Waals surface area contributed by atoms with Gasteiger partial charge < -0.3 is 179 Å². The smallest absolute Gasteiger partial charge is 0.217 e. The van der Waals surface area contributed by atoms with Crippen LogP contribution < -0.4 is 5.32 Å². The maximum absolute atomic E-state index is 13.1. The summed E-state index contributed by atoms with van der Waals surface area (Å²) in [5, 5.41) is 221. The number of amides is 1. The van der Waals surface area contributed by atoms with Gasteiger partial charge in [-0.1, -0.05) is 0 Å². The van der Waals surface area contributed by atoms with Crippen LogP contribution in [0.3, 0.4) is 0 Å². The fourth-order valence-electron chi connectivity index (χ4n) is 11.6. The molecule has 37 heteroatoms. The number of hydrogen-bond acceptors (Lipinski definition) is 36. The Morgan fingerprint density at radius 3 is 1.07 bits per heavy atom. The molecule has 0 saturated carbocycles. The molecule has 0 radical (unpaired) electrons. The van der Waals surface area contributed by atoms with Crippen molar-refractivity contribution >= 4 is 5.91 Å². The zero-order valence-corrected chi connectivity index (χ0v) is 47.7. The molecule has 37 nitrogen and oxygen atoms in total. The first-order valence-corrected chi connectivity index (χ1v) is 28.4. The van der Waals surface area contributed by atoms with E-state index in [1.807, 2.05) is 0 Å². The van der Waals surface area contributed by atoms with Crippen LogP contribution in [0.15, 0.2) is 0 Å². The van der Waals surface area contributed by atoms with E-state index in [0.717, 1.165) is 6.92 Å². The molecule has 8 rings (SSSR count). The lowest BCUT2D eigenvalue weighted by atomic mass is 9.94. The number of aliphatic hydroxyl groups is 20. The van der Waals surface area contributed by atoms with Gasteiger partial charge in [-0.05, 0) is 34.6 Å². The summed E-state index contributed by atoms with van der Waals surface area (Å²) in [6.07, 6.45) is -71.5. The van der Waals surface area contributed by atoms with Gasteiger partial charge in [0.25, 0.3) is 0 Å². The Hall–Kier alpha value is -1.93. The molecule has 21 N–H and O–H groups in total. The number of hydrogen-bond donors (Lipinski definition) is 21. The van der Waals surface area contributed by atoms with Crippen LogP contribution in [0.2, 0.25) is 0 Å². The third-order valence-electron chi connectivity index (χ3n) is 16.9. The third kappa shape index (κ3) is 14.7. The van der Waals surface area contributed by atoms with E-state index in [0.29, 0.717) is 0 Å². The molecule has 0 unspecified atom stereocenters. The lowest BCUT2D eigenvalue weighted by Crippen LogP contribution is -2.70. The fourth-order valence-corrected chi connectivity index (χ4v) is 11.6. The lowest BCUT2D eigenvalue weighted by Gasteiger charge is -2.51. The topological polar surface area (TPSA) is 572 Å². The van der Waals surface area contributed by atoms with E-state index in [4.69, 9.17) is 71.1 Å². The highest BCUT2D eigenvalue weighted by Gasteiger charge is 2.60. The maximum Gasteiger partial charge on any atom is 0.217 e. The Balaban J connectivity index is 1.07. The number of carbonyl (C=O) groups is 1.